The predicted molar refractivity (Wildman–Crippen MR) is 96.3 cm³/mol. The maximum atomic E-state index is 13.9. The normalized spacial score (nSPS) is 17.3. The molecule has 0 spiro atoms. The topological polar surface area (TPSA) is 59.2 Å². The maximum absolute atomic E-state index is 13.9. The quantitative estimate of drug-likeness (QED) is 0.672. The molecular weight excluding hydrogens is 372 g/mol. The van der Waals surface area contributed by atoms with Gasteiger partial charge in [0, 0.05) is 36.5 Å². The van der Waals surface area contributed by atoms with Crippen molar-refractivity contribution >= 4 is 17.2 Å². The summed E-state index contributed by atoms with van der Waals surface area (Å²) >= 11 is 1.56. The minimum Gasteiger partial charge on any atom is -0.339 e. The summed E-state index contributed by atoms with van der Waals surface area (Å²) < 4.78 is 32.3. The fraction of sp³-hybridized carbons (Fsp3) is 0.316. The second-order valence-corrected chi connectivity index (χ2v) is 7.39. The van der Waals surface area contributed by atoms with Gasteiger partial charge in [0.15, 0.2) is 0 Å². The van der Waals surface area contributed by atoms with Crippen molar-refractivity contribution in [3.8, 4) is 11.4 Å². The van der Waals surface area contributed by atoms with Crippen molar-refractivity contribution in [1.82, 2.24) is 15.0 Å². The fourth-order valence-electron chi connectivity index (χ4n) is 3.34. The Morgan fingerprint density at radius 1 is 1.33 bits per heavy atom. The van der Waals surface area contributed by atoms with Gasteiger partial charge in [0.25, 0.3) is 5.91 Å². The van der Waals surface area contributed by atoms with Crippen molar-refractivity contribution in [1.29, 1.82) is 0 Å². The van der Waals surface area contributed by atoms with Crippen LogP contribution in [0.4, 0.5) is 8.78 Å². The smallest absolute Gasteiger partial charge is 0.256 e. The number of aromatic nitrogens is 2. The van der Waals surface area contributed by atoms with Crippen molar-refractivity contribution in [2.24, 2.45) is 5.92 Å². The first kappa shape index (κ1) is 17.8. The average molecular weight is 389 g/mol. The number of amides is 1. The number of piperidine rings is 1. The molecule has 4 rings (SSSR count). The molecule has 0 aliphatic carbocycles. The number of hydrogen-bond donors (Lipinski definition) is 0. The molecule has 1 fully saturated rings. The third-order valence-corrected chi connectivity index (χ3v) is 5.36. The molecule has 140 valence electrons. The summed E-state index contributed by atoms with van der Waals surface area (Å²) in [6.45, 7) is 1.03. The Morgan fingerprint density at radius 3 is 3.00 bits per heavy atom. The largest absolute Gasteiger partial charge is 0.339 e. The Morgan fingerprint density at radius 2 is 2.22 bits per heavy atom. The number of rotatable bonds is 4. The lowest BCUT2D eigenvalue weighted by atomic mass is 9.94. The zero-order chi connectivity index (χ0) is 18.8. The minimum absolute atomic E-state index is 0.102. The number of benzene rings is 1. The van der Waals surface area contributed by atoms with Gasteiger partial charge in [0.2, 0.25) is 11.7 Å². The van der Waals surface area contributed by atoms with Crippen LogP contribution in [0.15, 0.2) is 39.5 Å². The summed E-state index contributed by atoms with van der Waals surface area (Å²) in [5, 5.41) is 7.90. The molecule has 1 aromatic carbocycles. The molecule has 3 aromatic rings. The summed E-state index contributed by atoms with van der Waals surface area (Å²) in [6, 6.07) is 4.96. The van der Waals surface area contributed by atoms with Crippen LogP contribution in [0.5, 0.6) is 0 Å². The molecule has 1 aliphatic rings. The third kappa shape index (κ3) is 3.90. The summed E-state index contributed by atoms with van der Waals surface area (Å²) in [6.07, 6.45) is 2.30. The first-order chi connectivity index (χ1) is 13.1. The third-order valence-electron chi connectivity index (χ3n) is 4.68. The van der Waals surface area contributed by atoms with E-state index in [1.54, 1.807) is 16.2 Å². The number of hydrogen-bond acceptors (Lipinski definition) is 5. The van der Waals surface area contributed by atoms with E-state index in [9.17, 15) is 13.6 Å². The Hall–Kier alpha value is -2.61. The highest BCUT2D eigenvalue weighted by Crippen LogP contribution is 2.24. The van der Waals surface area contributed by atoms with E-state index in [1.165, 1.54) is 6.07 Å². The van der Waals surface area contributed by atoms with Gasteiger partial charge in [-0.2, -0.15) is 16.3 Å². The molecule has 2 aromatic heterocycles. The monoisotopic (exact) mass is 389 g/mol. The highest BCUT2D eigenvalue weighted by Gasteiger charge is 2.27. The summed E-state index contributed by atoms with van der Waals surface area (Å²) in [4.78, 5) is 18.6. The van der Waals surface area contributed by atoms with E-state index in [0.717, 1.165) is 30.5 Å². The van der Waals surface area contributed by atoms with Gasteiger partial charge in [0.05, 0.1) is 5.56 Å². The molecule has 0 radical (unpaired) electrons. The van der Waals surface area contributed by atoms with Crippen LogP contribution in [0.1, 0.15) is 29.1 Å². The van der Waals surface area contributed by atoms with Crippen LogP contribution in [0.2, 0.25) is 0 Å². The van der Waals surface area contributed by atoms with Gasteiger partial charge in [-0.1, -0.05) is 5.16 Å². The zero-order valence-corrected chi connectivity index (χ0v) is 15.2. The second-order valence-electron chi connectivity index (χ2n) is 6.61. The highest BCUT2D eigenvalue weighted by molar-refractivity contribution is 7.08. The molecule has 0 N–H and O–H groups in total. The maximum Gasteiger partial charge on any atom is 0.256 e. The van der Waals surface area contributed by atoms with E-state index in [0.29, 0.717) is 31.2 Å². The molecule has 27 heavy (non-hydrogen) atoms. The van der Waals surface area contributed by atoms with Crippen molar-refractivity contribution in [2.45, 2.75) is 19.3 Å². The number of nitrogens with zero attached hydrogens (tertiary/aromatic N) is 3. The first-order valence-electron chi connectivity index (χ1n) is 8.69. The zero-order valence-electron chi connectivity index (χ0n) is 14.4. The molecular formula is C19H17F2N3O2S. The van der Waals surface area contributed by atoms with E-state index in [1.807, 2.05) is 16.8 Å². The predicted octanol–water partition coefficient (Wildman–Crippen LogP) is 4.17. The number of carbonyl (C=O) groups is 1. The Labute approximate surface area is 158 Å². The van der Waals surface area contributed by atoms with Gasteiger partial charge in [0.1, 0.15) is 11.6 Å². The van der Waals surface area contributed by atoms with Crippen molar-refractivity contribution in [3.05, 3.63) is 58.1 Å². The van der Waals surface area contributed by atoms with Crippen LogP contribution < -0.4 is 0 Å². The minimum atomic E-state index is -0.834. The van der Waals surface area contributed by atoms with Gasteiger partial charge in [-0.15, -0.1) is 0 Å². The van der Waals surface area contributed by atoms with Gasteiger partial charge >= 0.3 is 0 Å². The fourth-order valence-corrected chi connectivity index (χ4v) is 3.98. The molecule has 0 saturated carbocycles. The number of carbonyl (C=O) groups excluding carboxylic acids is 1. The van der Waals surface area contributed by atoms with Crippen LogP contribution in [0.25, 0.3) is 11.4 Å². The van der Waals surface area contributed by atoms with Crippen LogP contribution in [0.3, 0.4) is 0 Å². The second kappa shape index (κ2) is 7.56. The molecule has 5 nitrogen and oxygen atoms in total. The lowest BCUT2D eigenvalue weighted by molar-refractivity contribution is 0.0663. The summed E-state index contributed by atoms with van der Waals surface area (Å²) in [5.74, 6) is -0.701. The molecule has 0 bridgehead atoms. The summed E-state index contributed by atoms with van der Waals surface area (Å²) in [5.41, 5.74) is 0.816. The SMILES string of the molecule is O=C(c1ccc(F)cc1F)N1CCCC(Cc2nc(-c3ccsc3)no2)C1. The van der Waals surface area contributed by atoms with E-state index >= 15 is 0 Å². The lowest BCUT2D eigenvalue weighted by Crippen LogP contribution is -2.40. The molecule has 1 amide bonds. The van der Waals surface area contributed by atoms with Gasteiger partial charge in [-0.05, 0) is 42.3 Å². The van der Waals surface area contributed by atoms with Crippen molar-refractivity contribution in [3.63, 3.8) is 0 Å². The molecule has 1 atom stereocenters. The first-order valence-corrected chi connectivity index (χ1v) is 9.64. The Balaban J connectivity index is 1.43. The van der Waals surface area contributed by atoms with Crippen LogP contribution in [-0.2, 0) is 6.42 Å². The van der Waals surface area contributed by atoms with E-state index in [2.05, 4.69) is 10.1 Å². The van der Waals surface area contributed by atoms with Gasteiger partial charge in [-0.3, -0.25) is 4.79 Å². The molecule has 1 unspecified atom stereocenters. The lowest BCUT2D eigenvalue weighted by Gasteiger charge is -2.32. The molecule has 3 heterocycles. The molecule has 8 heteroatoms. The van der Waals surface area contributed by atoms with Gasteiger partial charge in [-0.25, -0.2) is 8.78 Å². The number of halogens is 2. The van der Waals surface area contributed by atoms with E-state index in [-0.39, 0.29) is 11.5 Å². The van der Waals surface area contributed by atoms with Crippen LogP contribution >= 0.6 is 11.3 Å². The van der Waals surface area contributed by atoms with E-state index in [4.69, 9.17) is 4.52 Å². The summed E-state index contributed by atoms with van der Waals surface area (Å²) in [7, 11) is 0. The van der Waals surface area contributed by atoms with Crippen molar-refractivity contribution < 1.29 is 18.1 Å². The van der Waals surface area contributed by atoms with Crippen LogP contribution in [-0.4, -0.2) is 34.0 Å². The van der Waals surface area contributed by atoms with Gasteiger partial charge < -0.3 is 9.42 Å². The number of thiophene rings is 1. The van der Waals surface area contributed by atoms with Crippen LogP contribution in [0, 0.1) is 17.6 Å². The Kier molecular flexibility index (Phi) is 4.98. The molecule has 1 saturated heterocycles. The Bertz CT molecular complexity index is 942. The number of likely N-dealkylation sites (tertiary alicyclic amines) is 1. The van der Waals surface area contributed by atoms with E-state index < -0.39 is 17.5 Å². The standard InChI is InChI=1S/C19H17F2N3O2S/c20-14-3-4-15(16(21)9-14)19(25)24-6-1-2-12(10-24)8-17-22-18(23-26-17)13-5-7-27-11-13/h3-5,7,9,11-12H,1-2,6,8,10H2. The van der Waals surface area contributed by atoms with Crippen molar-refractivity contribution in [2.75, 3.05) is 13.1 Å². The molecule has 1 aliphatic heterocycles. The highest BCUT2D eigenvalue weighted by atomic mass is 32.1. The average Bonchev–Trinajstić information content (AvgIpc) is 3.33.